The number of hydrogen-bond acceptors (Lipinski definition) is 5. The van der Waals surface area contributed by atoms with Crippen LogP contribution in [0.3, 0.4) is 0 Å². The molecular formula is C10H15N5O. The Hall–Kier alpha value is -1.69. The highest BCUT2D eigenvalue weighted by atomic mass is 16.5. The fourth-order valence-electron chi connectivity index (χ4n) is 1.38. The molecule has 0 radical (unpaired) electrons. The van der Waals surface area contributed by atoms with E-state index in [9.17, 15) is 0 Å². The lowest BCUT2D eigenvalue weighted by Crippen LogP contribution is -2.15. The zero-order valence-electron chi connectivity index (χ0n) is 9.42. The lowest BCUT2D eigenvalue weighted by atomic mass is 10.2. The second-order valence-corrected chi connectivity index (χ2v) is 3.89. The van der Waals surface area contributed by atoms with Crippen LogP contribution < -0.4 is 5.73 Å². The van der Waals surface area contributed by atoms with Gasteiger partial charge in [0.2, 0.25) is 11.7 Å². The molecule has 0 saturated carbocycles. The quantitative estimate of drug-likeness (QED) is 0.823. The predicted octanol–water partition coefficient (Wildman–Crippen LogP) is 0.750. The Morgan fingerprint density at radius 2 is 2.38 bits per heavy atom. The van der Waals surface area contributed by atoms with E-state index in [0.29, 0.717) is 24.0 Å². The molecule has 0 amide bonds. The summed E-state index contributed by atoms with van der Waals surface area (Å²) in [7, 11) is 1.89. The molecular weight excluding hydrogens is 206 g/mol. The van der Waals surface area contributed by atoms with Crippen LogP contribution >= 0.6 is 0 Å². The third kappa shape index (κ3) is 2.27. The molecule has 0 aliphatic rings. The van der Waals surface area contributed by atoms with Crippen molar-refractivity contribution in [1.82, 2.24) is 19.7 Å². The summed E-state index contributed by atoms with van der Waals surface area (Å²) in [4.78, 5) is 8.42. The Balaban J connectivity index is 2.11. The summed E-state index contributed by atoms with van der Waals surface area (Å²) < 4.78 is 6.97. The van der Waals surface area contributed by atoms with E-state index in [1.165, 1.54) is 0 Å². The summed E-state index contributed by atoms with van der Waals surface area (Å²) in [6.07, 6.45) is 5.08. The van der Waals surface area contributed by atoms with Crippen molar-refractivity contribution in [2.75, 3.05) is 0 Å². The van der Waals surface area contributed by atoms with Gasteiger partial charge in [-0.3, -0.25) is 0 Å². The third-order valence-electron chi connectivity index (χ3n) is 2.30. The minimum absolute atomic E-state index is 0.142. The Labute approximate surface area is 93.5 Å². The topological polar surface area (TPSA) is 82.8 Å². The van der Waals surface area contributed by atoms with Crippen molar-refractivity contribution in [1.29, 1.82) is 0 Å². The van der Waals surface area contributed by atoms with Gasteiger partial charge in [-0.2, -0.15) is 4.98 Å². The molecule has 0 aliphatic heterocycles. The van der Waals surface area contributed by atoms with Gasteiger partial charge in [-0.25, -0.2) is 4.98 Å². The van der Waals surface area contributed by atoms with Crippen LogP contribution in [-0.4, -0.2) is 25.7 Å². The first-order chi connectivity index (χ1) is 7.66. The fraction of sp³-hybridized carbons (Fsp3) is 0.500. The average Bonchev–Trinajstić information content (AvgIpc) is 2.83. The summed E-state index contributed by atoms with van der Waals surface area (Å²) >= 11 is 0. The highest BCUT2D eigenvalue weighted by Crippen LogP contribution is 2.13. The van der Waals surface area contributed by atoms with Gasteiger partial charge in [-0.1, -0.05) is 5.16 Å². The van der Waals surface area contributed by atoms with E-state index in [2.05, 4.69) is 15.1 Å². The molecule has 2 rings (SSSR count). The smallest absolute Gasteiger partial charge is 0.238 e. The minimum Gasteiger partial charge on any atom is -0.339 e. The van der Waals surface area contributed by atoms with Crippen LogP contribution in [0.4, 0.5) is 0 Å². The van der Waals surface area contributed by atoms with E-state index in [-0.39, 0.29) is 6.04 Å². The number of rotatable bonds is 4. The second-order valence-electron chi connectivity index (χ2n) is 3.89. The summed E-state index contributed by atoms with van der Waals surface area (Å²) in [5.41, 5.74) is 5.66. The van der Waals surface area contributed by atoms with E-state index in [1.807, 2.05) is 24.7 Å². The van der Waals surface area contributed by atoms with Crippen molar-refractivity contribution >= 4 is 0 Å². The molecule has 6 nitrogen and oxygen atoms in total. The molecule has 1 atom stereocenters. The highest BCUT2D eigenvalue weighted by Gasteiger charge is 2.12. The van der Waals surface area contributed by atoms with Gasteiger partial charge in [0.1, 0.15) is 0 Å². The maximum Gasteiger partial charge on any atom is 0.238 e. The van der Waals surface area contributed by atoms with Gasteiger partial charge in [0, 0.05) is 31.9 Å². The van der Waals surface area contributed by atoms with Gasteiger partial charge in [0.25, 0.3) is 0 Å². The molecule has 0 fully saturated rings. The van der Waals surface area contributed by atoms with Crippen molar-refractivity contribution < 1.29 is 4.52 Å². The summed E-state index contributed by atoms with van der Waals surface area (Å²) in [5, 5.41) is 3.89. The maximum absolute atomic E-state index is 5.66. The average molecular weight is 221 g/mol. The lowest BCUT2D eigenvalue weighted by molar-refractivity contribution is 0.372. The third-order valence-corrected chi connectivity index (χ3v) is 2.30. The zero-order chi connectivity index (χ0) is 11.5. The molecule has 0 bridgehead atoms. The first-order valence-electron chi connectivity index (χ1n) is 5.22. The monoisotopic (exact) mass is 221 g/mol. The van der Waals surface area contributed by atoms with Crippen molar-refractivity contribution in [2.45, 2.75) is 25.8 Å². The molecule has 2 heterocycles. The molecule has 0 aromatic carbocycles. The molecule has 86 valence electrons. The van der Waals surface area contributed by atoms with Gasteiger partial charge in [-0.15, -0.1) is 0 Å². The predicted molar refractivity (Wildman–Crippen MR) is 58.5 cm³/mol. The molecule has 6 heteroatoms. The fourth-order valence-corrected chi connectivity index (χ4v) is 1.38. The summed E-state index contributed by atoms with van der Waals surface area (Å²) in [6, 6.07) is 0.142. The van der Waals surface area contributed by atoms with Crippen LogP contribution in [0.15, 0.2) is 16.9 Å². The first-order valence-corrected chi connectivity index (χ1v) is 5.22. The molecule has 2 aromatic rings. The van der Waals surface area contributed by atoms with Crippen LogP contribution in [0.2, 0.25) is 0 Å². The van der Waals surface area contributed by atoms with E-state index in [0.717, 1.165) is 6.42 Å². The van der Waals surface area contributed by atoms with Crippen LogP contribution in [0.25, 0.3) is 11.6 Å². The van der Waals surface area contributed by atoms with Crippen LogP contribution in [-0.2, 0) is 13.5 Å². The van der Waals surface area contributed by atoms with E-state index < -0.39 is 0 Å². The first kappa shape index (κ1) is 10.8. The SMILES string of the molecule is CC(N)CCc1nc(-c2nccn2C)no1. The molecule has 2 aromatic heterocycles. The molecule has 1 unspecified atom stereocenters. The number of aromatic nitrogens is 4. The maximum atomic E-state index is 5.66. The molecule has 0 aliphatic carbocycles. The number of nitrogens with zero attached hydrogens (tertiary/aromatic N) is 4. The number of aryl methyl sites for hydroxylation is 2. The second kappa shape index (κ2) is 4.44. The minimum atomic E-state index is 0.142. The van der Waals surface area contributed by atoms with E-state index in [1.54, 1.807) is 6.20 Å². The van der Waals surface area contributed by atoms with Crippen molar-refractivity contribution in [2.24, 2.45) is 12.8 Å². The van der Waals surface area contributed by atoms with Crippen LogP contribution in [0.1, 0.15) is 19.2 Å². The zero-order valence-corrected chi connectivity index (χ0v) is 9.42. The Morgan fingerprint density at radius 3 is 3.00 bits per heavy atom. The summed E-state index contributed by atoms with van der Waals surface area (Å²) in [5.74, 6) is 1.83. The Morgan fingerprint density at radius 1 is 1.56 bits per heavy atom. The van der Waals surface area contributed by atoms with E-state index >= 15 is 0 Å². The van der Waals surface area contributed by atoms with Gasteiger partial charge in [0.05, 0.1) is 0 Å². The van der Waals surface area contributed by atoms with Gasteiger partial charge >= 0.3 is 0 Å². The summed E-state index contributed by atoms with van der Waals surface area (Å²) in [6.45, 7) is 1.95. The number of imidazole rings is 1. The van der Waals surface area contributed by atoms with Crippen LogP contribution in [0.5, 0.6) is 0 Å². The molecule has 2 N–H and O–H groups in total. The Bertz CT molecular complexity index is 459. The Kier molecular flexibility index (Phi) is 3.00. The van der Waals surface area contributed by atoms with Crippen molar-refractivity contribution in [3.8, 4) is 11.6 Å². The molecule has 16 heavy (non-hydrogen) atoms. The van der Waals surface area contributed by atoms with Crippen molar-refractivity contribution in [3.05, 3.63) is 18.3 Å². The normalized spacial score (nSPS) is 12.9. The lowest BCUT2D eigenvalue weighted by Gasteiger charge is -1.99. The molecule has 0 spiro atoms. The number of nitrogens with two attached hydrogens (primary N) is 1. The van der Waals surface area contributed by atoms with Crippen molar-refractivity contribution in [3.63, 3.8) is 0 Å². The van der Waals surface area contributed by atoms with Gasteiger partial charge in [-0.05, 0) is 13.3 Å². The standard InChI is InChI=1S/C10H15N5O/c1-7(11)3-4-8-13-9(14-16-8)10-12-5-6-15(10)2/h5-7H,3-4,11H2,1-2H3. The number of hydrogen-bond donors (Lipinski definition) is 1. The largest absolute Gasteiger partial charge is 0.339 e. The highest BCUT2D eigenvalue weighted by molar-refractivity contribution is 5.42. The van der Waals surface area contributed by atoms with E-state index in [4.69, 9.17) is 10.3 Å². The van der Waals surface area contributed by atoms with Gasteiger partial charge in [0.15, 0.2) is 5.82 Å². The van der Waals surface area contributed by atoms with Crippen LogP contribution in [0, 0.1) is 0 Å². The molecule has 0 saturated heterocycles. The van der Waals surface area contributed by atoms with Gasteiger partial charge < -0.3 is 14.8 Å².